The van der Waals surface area contributed by atoms with Crippen LogP contribution in [-0.2, 0) is 9.53 Å². The van der Waals surface area contributed by atoms with E-state index in [0.29, 0.717) is 6.20 Å². The summed E-state index contributed by atoms with van der Waals surface area (Å²) in [6.07, 6.45) is 0.595. The average molecular weight is 163 g/mol. The van der Waals surface area contributed by atoms with E-state index in [4.69, 9.17) is 6.57 Å². The molecule has 0 saturated carbocycles. The zero-order valence-electron chi connectivity index (χ0n) is 6.46. The van der Waals surface area contributed by atoms with E-state index in [0.717, 1.165) is 0 Å². The Bertz CT molecular complexity index is 194. The molecule has 0 radical (unpaired) electrons. The van der Waals surface area contributed by atoms with E-state index < -0.39 is 11.7 Å². The van der Waals surface area contributed by atoms with Crippen molar-refractivity contribution in [2.45, 2.75) is 6.92 Å². The van der Waals surface area contributed by atoms with Crippen LogP contribution >= 0.6 is 0 Å². The number of nitrogens with zero attached hydrogens (tertiary/aromatic N) is 1. The molecule has 11 heavy (non-hydrogen) atoms. The molecule has 0 aliphatic rings. The van der Waals surface area contributed by atoms with Crippen molar-refractivity contribution in [3.8, 4) is 0 Å². The normalized spacial score (nSPS) is 9.27. The fourth-order valence-corrected chi connectivity index (χ4v) is 0.314. The zero-order chi connectivity index (χ0) is 7.98. The van der Waals surface area contributed by atoms with Crippen LogP contribution in [0.15, 0.2) is 12.0 Å². The number of esters is 1. The number of ether oxygens (including phenoxy) is 1. The van der Waals surface area contributed by atoms with Crippen molar-refractivity contribution in [3.63, 3.8) is 0 Å². The third kappa shape index (κ3) is 5.92. The van der Waals surface area contributed by atoms with Crippen LogP contribution in [0.25, 0.3) is 4.85 Å². The van der Waals surface area contributed by atoms with Gasteiger partial charge in [0.15, 0.2) is 6.20 Å². The summed E-state index contributed by atoms with van der Waals surface area (Å²) in [4.78, 5) is 13.0. The molecule has 54 valence electrons. The summed E-state index contributed by atoms with van der Waals surface area (Å²) in [5.41, 5.74) is 0. The first-order valence-corrected chi connectivity index (χ1v) is 2.63. The van der Waals surface area contributed by atoms with Crippen LogP contribution < -0.4 is 34.7 Å². The maximum absolute atomic E-state index is 10.4. The van der Waals surface area contributed by atoms with Crippen LogP contribution in [0.2, 0.25) is 0 Å². The molecule has 4 nitrogen and oxygen atoms in total. The first kappa shape index (κ1) is 13.1. The van der Waals surface area contributed by atoms with Crippen LogP contribution in [0.5, 0.6) is 0 Å². The molecule has 0 aliphatic heterocycles. The van der Waals surface area contributed by atoms with Gasteiger partial charge in [-0.05, 0) is 12.7 Å². The molecule has 0 aromatic rings. The second-order valence-corrected chi connectivity index (χ2v) is 1.34. The van der Waals surface area contributed by atoms with E-state index in [-0.39, 0.29) is 36.2 Å². The van der Waals surface area contributed by atoms with Crippen LogP contribution in [0.1, 0.15) is 6.92 Å². The Morgan fingerprint density at radius 2 is 2.36 bits per heavy atom. The van der Waals surface area contributed by atoms with Crippen molar-refractivity contribution in [1.82, 2.24) is 0 Å². The van der Waals surface area contributed by atoms with Crippen LogP contribution in [0.3, 0.4) is 0 Å². The molecular weight excluding hydrogens is 157 g/mol. The Balaban J connectivity index is 0. The summed E-state index contributed by atoms with van der Waals surface area (Å²) in [5.74, 6) is -1.88. The molecule has 0 fully saturated rings. The first-order chi connectivity index (χ1) is 4.72. The number of hydrogen-bond donors (Lipinski definition) is 0. The summed E-state index contributed by atoms with van der Waals surface area (Å²) in [5, 5.41) is 10.4. The molecule has 0 aromatic carbocycles. The van der Waals surface area contributed by atoms with Gasteiger partial charge in [-0.1, -0.05) is 0 Å². The number of carbonyl (C=O) groups excluding carboxylic acids is 1. The molecule has 0 unspecified atom stereocenters. The van der Waals surface area contributed by atoms with Crippen molar-refractivity contribution in [2.24, 2.45) is 0 Å². The van der Waals surface area contributed by atoms with Crippen molar-refractivity contribution in [1.29, 1.82) is 0 Å². The third-order valence-corrected chi connectivity index (χ3v) is 0.658. The quantitative estimate of drug-likeness (QED) is 0.141. The molecular formula is C6H6NNaO3. The molecule has 0 aromatic heterocycles. The van der Waals surface area contributed by atoms with Crippen molar-refractivity contribution in [3.05, 3.63) is 23.4 Å². The van der Waals surface area contributed by atoms with E-state index >= 15 is 0 Å². The summed E-state index contributed by atoms with van der Waals surface area (Å²) in [7, 11) is 0. The van der Waals surface area contributed by atoms with Gasteiger partial charge in [-0.2, -0.15) is 0 Å². The molecule has 0 N–H and O–H groups in total. The number of rotatable bonds is 2. The van der Waals surface area contributed by atoms with Gasteiger partial charge in [0.1, 0.15) is 0 Å². The van der Waals surface area contributed by atoms with Gasteiger partial charge in [0.2, 0.25) is 0 Å². The molecule has 0 atom stereocenters. The minimum absolute atomic E-state index is 0. The summed E-state index contributed by atoms with van der Waals surface area (Å²) < 4.78 is 4.29. The molecule has 0 saturated heterocycles. The second-order valence-electron chi connectivity index (χ2n) is 1.34. The minimum atomic E-state index is -0.974. The smallest absolute Gasteiger partial charge is 0.877 e. The fourth-order valence-electron chi connectivity index (χ4n) is 0.314. The van der Waals surface area contributed by atoms with Gasteiger partial charge < -0.3 is 9.84 Å². The molecule has 0 bridgehead atoms. The van der Waals surface area contributed by atoms with E-state index in [2.05, 4.69) is 9.58 Å². The topological polar surface area (TPSA) is 53.7 Å². The van der Waals surface area contributed by atoms with Crippen molar-refractivity contribution < 1.29 is 44.2 Å². The molecule has 0 spiro atoms. The van der Waals surface area contributed by atoms with Crippen molar-refractivity contribution >= 4 is 5.97 Å². The third-order valence-electron chi connectivity index (χ3n) is 0.658. The van der Waals surface area contributed by atoms with Crippen LogP contribution in [0, 0.1) is 6.57 Å². The Hall–Kier alpha value is -0.500. The monoisotopic (exact) mass is 163 g/mol. The van der Waals surface area contributed by atoms with E-state index in [1.54, 1.807) is 6.92 Å². The molecule has 0 rings (SSSR count). The van der Waals surface area contributed by atoms with Gasteiger partial charge in [0.05, 0.1) is 13.2 Å². The first-order valence-electron chi connectivity index (χ1n) is 2.63. The molecule has 0 amide bonds. The number of hydrogen-bond acceptors (Lipinski definition) is 3. The van der Waals surface area contributed by atoms with Gasteiger partial charge >= 0.3 is 35.5 Å². The predicted molar refractivity (Wildman–Crippen MR) is 31.3 cm³/mol. The summed E-state index contributed by atoms with van der Waals surface area (Å²) in [6.45, 7) is 7.93. The SMILES string of the molecule is [C-]#[N+]C=C([O-])C(=O)OCC.[Na+]. The second kappa shape index (κ2) is 7.61. The Morgan fingerprint density at radius 1 is 1.82 bits per heavy atom. The standard InChI is InChI=1S/C6H7NO3.Na/c1-3-10-6(9)5(8)4-7-2;/h4,8H,3H2,1H3;/q;+1/p-1. The van der Waals surface area contributed by atoms with Gasteiger partial charge in [-0.25, -0.2) is 9.64 Å². The Morgan fingerprint density at radius 3 is 2.73 bits per heavy atom. The van der Waals surface area contributed by atoms with E-state index in [1.165, 1.54) is 0 Å². The number of carbonyl (C=O) groups is 1. The molecule has 5 heteroatoms. The van der Waals surface area contributed by atoms with Crippen LogP contribution in [-0.4, -0.2) is 12.6 Å². The molecule has 0 heterocycles. The average Bonchev–Trinajstić information content (AvgIpc) is 1.89. The van der Waals surface area contributed by atoms with Gasteiger partial charge in [-0.15, -0.1) is 0 Å². The summed E-state index contributed by atoms with van der Waals surface area (Å²) in [6, 6.07) is 0. The van der Waals surface area contributed by atoms with E-state index in [1.807, 2.05) is 0 Å². The summed E-state index contributed by atoms with van der Waals surface area (Å²) >= 11 is 0. The zero-order valence-corrected chi connectivity index (χ0v) is 8.46. The largest absolute Gasteiger partial charge is 1.00 e. The Kier molecular flexibility index (Phi) is 9.07. The maximum Gasteiger partial charge on any atom is 1.00 e. The van der Waals surface area contributed by atoms with Crippen molar-refractivity contribution in [2.75, 3.05) is 6.61 Å². The van der Waals surface area contributed by atoms with Gasteiger partial charge in [-0.3, -0.25) is 0 Å². The van der Waals surface area contributed by atoms with Gasteiger partial charge in [0.25, 0.3) is 0 Å². The predicted octanol–water partition coefficient (Wildman–Crippen LogP) is -3.33. The maximum atomic E-state index is 10.4. The Labute approximate surface area is 87.0 Å². The minimum Gasteiger partial charge on any atom is -0.877 e. The van der Waals surface area contributed by atoms with Crippen LogP contribution in [0.4, 0.5) is 0 Å². The van der Waals surface area contributed by atoms with E-state index in [9.17, 15) is 9.90 Å². The molecule has 0 aliphatic carbocycles. The fraction of sp³-hybridized carbons (Fsp3) is 0.333. The van der Waals surface area contributed by atoms with Gasteiger partial charge in [0, 0.05) is 0 Å².